The average molecular weight is 1960 g/mol. The maximum Gasteiger partial charge on any atom is 0.155 e. The van der Waals surface area contributed by atoms with E-state index < -0.39 is 90.4 Å². The molecule has 0 radical (unpaired) electrons. The van der Waals surface area contributed by atoms with Gasteiger partial charge in [-0.25, -0.2) is 68.4 Å². The van der Waals surface area contributed by atoms with Gasteiger partial charge in [-0.3, -0.25) is 0 Å². The predicted octanol–water partition coefficient (Wildman–Crippen LogP) is 25.6. The van der Waals surface area contributed by atoms with Gasteiger partial charge >= 0.3 is 0 Å². The van der Waals surface area contributed by atoms with Crippen LogP contribution in [0.4, 0.5) is 37.7 Å². The Bertz CT molecular complexity index is 4870. The van der Waals surface area contributed by atoms with Crippen LogP contribution >= 0.6 is 0 Å². The molecule has 0 spiro atoms. The Kier molecular flexibility index (Phi) is 42.0. The molecule has 14 nitrogen and oxygen atoms in total. The molecule has 0 unspecified atom stereocenters. The van der Waals surface area contributed by atoms with Crippen LogP contribution in [0.25, 0.3) is 0 Å². The fraction of sp³-hybridized carbons (Fsp3) is 0.722. The molecule has 4 atom stereocenters. The molecule has 0 N–H and O–H groups in total. The van der Waals surface area contributed by atoms with E-state index in [0.29, 0.717) is 88.7 Å². The van der Waals surface area contributed by atoms with E-state index >= 15 is 0 Å². The van der Waals surface area contributed by atoms with Gasteiger partial charge in [0.2, 0.25) is 0 Å². The minimum atomic E-state index is -3.12. The van der Waals surface area contributed by atoms with Crippen LogP contribution in [0, 0.1) is 101 Å². The lowest BCUT2D eigenvalue weighted by atomic mass is 9.80. The molecule has 0 amide bonds. The van der Waals surface area contributed by atoms with E-state index in [1.54, 1.807) is 107 Å². The lowest BCUT2D eigenvalue weighted by Gasteiger charge is -2.37. The number of nitrogens with zero attached hydrogens (tertiary/aromatic N) is 2. The normalized spacial score (nSPS) is 25.2. The molecule has 5 aromatic rings. The first-order valence-corrected chi connectivity index (χ1v) is 58.4. The van der Waals surface area contributed by atoms with Gasteiger partial charge in [-0.2, -0.15) is 0 Å². The first-order chi connectivity index (χ1) is 61.7. The Hall–Kier alpha value is -5.05. The van der Waals surface area contributed by atoms with Gasteiger partial charge < -0.3 is 19.3 Å². The molecule has 133 heavy (non-hydrogen) atoms. The predicted molar refractivity (Wildman–Crippen MR) is 538 cm³/mol. The fourth-order valence-corrected chi connectivity index (χ4v) is 27.5. The number of hydrogen-bond acceptors (Lipinski definition) is 14. The maximum absolute atomic E-state index is 14.8. The third kappa shape index (κ3) is 35.9. The number of morpholine rings is 2. The van der Waals surface area contributed by atoms with Gasteiger partial charge in [-0.05, 0) is 390 Å². The summed E-state index contributed by atoms with van der Waals surface area (Å²) in [5.74, 6) is 2.87. The second kappa shape index (κ2) is 49.4. The molecule has 25 heteroatoms. The van der Waals surface area contributed by atoms with Crippen molar-refractivity contribution in [2.24, 2.45) is 59.2 Å². The zero-order chi connectivity index (χ0) is 98.6. The minimum absolute atomic E-state index is 0.0566. The summed E-state index contributed by atoms with van der Waals surface area (Å²) in [6, 6.07) is 27.9. The molecule has 0 bridgehead atoms. The van der Waals surface area contributed by atoms with Crippen molar-refractivity contribution in [3.05, 3.63) is 165 Å². The van der Waals surface area contributed by atoms with Gasteiger partial charge in [0.1, 0.15) is 34.9 Å². The number of benzene rings is 5. The topological polar surface area (TPSA) is 196 Å². The molecule has 12 rings (SSSR count). The van der Waals surface area contributed by atoms with Gasteiger partial charge in [-0.1, -0.05) is 113 Å². The number of anilines is 2. The molecule has 5 aliphatic carbocycles. The third-order valence-electron chi connectivity index (χ3n) is 29.7. The van der Waals surface area contributed by atoms with E-state index in [2.05, 4.69) is 54.8 Å². The highest BCUT2D eigenvalue weighted by molar-refractivity contribution is 7.93. The van der Waals surface area contributed by atoms with Crippen LogP contribution in [-0.4, -0.2) is 145 Å². The van der Waals surface area contributed by atoms with Crippen LogP contribution in [-0.2, 0) is 90.8 Å². The molecular weight excluding hydrogens is 1790 g/mol. The molecule has 7 aliphatic rings. The average Bonchev–Trinajstić information content (AvgIpc) is 0.849. The summed E-state index contributed by atoms with van der Waals surface area (Å²) in [6.45, 7) is 40.6. The number of sulfone groups is 5. The van der Waals surface area contributed by atoms with Crippen molar-refractivity contribution in [1.82, 2.24) is 0 Å². The highest BCUT2D eigenvalue weighted by Crippen LogP contribution is 2.42. The number of hydrogen-bond donors (Lipinski definition) is 0. The van der Waals surface area contributed by atoms with Gasteiger partial charge in [0, 0.05) is 49.6 Å². The van der Waals surface area contributed by atoms with E-state index in [0.717, 1.165) is 209 Å². The Labute approximate surface area is 801 Å². The van der Waals surface area contributed by atoms with Crippen molar-refractivity contribution in [3.8, 4) is 0 Å². The van der Waals surface area contributed by atoms with Gasteiger partial charge in [-0.15, -0.1) is 0 Å². The van der Waals surface area contributed by atoms with Crippen LogP contribution in [0.15, 0.2) is 97.1 Å². The second-order valence-corrected chi connectivity index (χ2v) is 59.8. The number of rotatable bonds is 27. The molecule has 2 heterocycles. The quantitative estimate of drug-likeness (QED) is 0.0450. The monoisotopic (exact) mass is 1960 g/mol. The summed E-state index contributed by atoms with van der Waals surface area (Å²) < 4.78 is 214. The summed E-state index contributed by atoms with van der Waals surface area (Å²) in [4.78, 5) is 4.55. The van der Waals surface area contributed by atoms with E-state index in [1.807, 2.05) is 58.9 Å². The summed E-state index contributed by atoms with van der Waals surface area (Å²) in [6.07, 6.45) is 30.0. The lowest BCUT2D eigenvalue weighted by Crippen LogP contribution is -2.45. The van der Waals surface area contributed by atoms with E-state index in [4.69, 9.17) is 9.47 Å². The Balaban J connectivity index is 0.000000206. The van der Waals surface area contributed by atoms with E-state index in [9.17, 15) is 68.4 Å². The highest BCUT2D eigenvalue weighted by atomic mass is 32.2. The van der Waals surface area contributed by atoms with Gasteiger partial charge in [0.15, 0.2) is 49.2 Å². The standard InChI is InChI=1S/C26H43NO3S.C25H40FNO3S.C19H27F3O2S.2C19H29FO2S/c1-19-15-23(13-14-25(19)27-16-20(2)30-21(3)17-27)10-7-22-8-11-24(12-9-22)18-31(28,29)26(4,5)6;1-18-15-27(16-19(2)30-18)24-13-12-21(14-23(24)26)9-6-20-7-10-22(11-8-20)17-31(28,29)25(3,4)5;1-19(2,3)25(23,24)12-14-6-4-13(5-7-14)8-9-16-17(21)10-15(20)11-18(16)22;1-19(2,3)23(21,22)14-17-11-8-15(9-12-17)7-10-16-5-4-6-18(20)13-16;1-19(2,3)23(21,22)14-16-10-8-15(9-11-16)12-13-17-6-4-5-7-18(17)20/h13-15,20-22,24H,7-12,16-18H2,1-6H3;12-14,18-20,22H,6-11,15-17H2,1-5H3;10-11,13-14H,4-9,12H2,1-3H3;4-6,13,15,17H,7-12,14H2,1-3H3;4-7,15-16H,8-14H2,1-3H3/t20-,21+,22?,24?;18-,19+,20?,22?;;;. The van der Waals surface area contributed by atoms with Crippen molar-refractivity contribution < 1.29 is 77.9 Å². The van der Waals surface area contributed by atoms with Crippen molar-refractivity contribution in [3.63, 3.8) is 0 Å². The summed E-state index contributed by atoms with van der Waals surface area (Å²) in [5, 5.41) is 0. The van der Waals surface area contributed by atoms with Gasteiger partial charge in [0.25, 0.3) is 0 Å². The second-order valence-electron chi connectivity index (χ2n) is 45.9. The van der Waals surface area contributed by atoms with Crippen LogP contribution < -0.4 is 9.80 Å². The number of halogens is 6. The number of aryl methyl sites for hydroxylation is 5. The minimum Gasteiger partial charge on any atom is -0.372 e. The zero-order valence-electron chi connectivity index (χ0n) is 84.5. The smallest absolute Gasteiger partial charge is 0.155 e. The zero-order valence-corrected chi connectivity index (χ0v) is 88.6. The summed E-state index contributed by atoms with van der Waals surface area (Å²) in [7, 11) is -15.2. The maximum atomic E-state index is 14.8. The Morgan fingerprint density at radius 3 is 0.865 bits per heavy atom. The fourth-order valence-electron chi connectivity index (χ4n) is 20.2. The first kappa shape index (κ1) is 113. The van der Waals surface area contributed by atoms with Crippen LogP contribution in [0.3, 0.4) is 0 Å². The summed E-state index contributed by atoms with van der Waals surface area (Å²) >= 11 is 0. The summed E-state index contributed by atoms with van der Waals surface area (Å²) in [5.41, 5.74) is 7.64. The third-order valence-corrected chi connectivity index (χ3v) is 43.5. The van der Waals surface area contributed by atoms with Crippen molar-refractivity contribution in [1.29, 1.82) is 0 Å². The van der Waals surface area contributed by atoms with Crippen LogP contribution in [0.1, 0.15) is 325 Å². The van der Waals surface area contributed by atoms with Crippen LogP contribution in [0.2, 0.25) is 0 Å². The molecule has 0 aromatic heterocycles. The van der Waals surface area contributed by atoms with Crippen LogP contribution in [0.5, 0.6) is 0 Å². The lowest BCUT2D eigenvalue weighted by molar-refractivity contribution is -0.00560. The Morgan fingerprint density at radius 1 is 0.286 bits per heavy atom. The largest absolute Gasteiger partial charge is 0.372 e. The van der Waals surface area contributed by atoms with Crippen molar-refractivity contribution >= 4 is 60.6 Å². The SMILES string of the molecule is CC(C)(C)S(=O)(=O)CC1CCC(CCc2c(F)cc(F)cc2F)CC1.CC(C)(C)S(=O)(=O)CC1CCC(CCc2cccc(F)c2)CC1.CC(C)(C)S(=O)(=O)CC1CCC(CCc2ccccc2F)CC1.C[C@@H]1CN(c2ccc(CCC3CCC(CS(=O)(=O)C(C)(C)C)CC3)cc2F)C[C@H](C)O1.Cc1cc(CCC2CCC(CS(=O)(=O)C(C)(C)C)CC2)ccc1N1C[C@@H](C)O[C@@H](C)C1. The Morgan fingerprint density at radius 2 is 0.564 bits per heavy atom. The van der Waals surface area contributed by atoms with Gasteiger partial charge in [0.05, 0.1) is 82.6 Å². The first-order valence-electron chi connectivity index (χ1n) is 50.2. The molecule has 2 saturated heterocycles. The van der Waals surface area contributed by atoms with Crippen molar-refractivity contribution in [2.75, 3.05) is 64.7 Å². The number of ether oxygens (including phenoxy) is 2. The molecular formula is C108H168F6N2O12S5. The van der Waals surface area contributed by atoms with Crippen molar-refractivity contribution in [2.45, 2.75) is 379 Å². The highest BCUT2D eigenvalue weighted by Gasteiger charge is 2.40. The van der Waals surface area contributed by atoms with E-state index in [1.165, 1.54) is 48.2 Å². The van der Waals surface area contributed by atoms with E-state index in [-0.39, 0.29) is 71.4 Å². The molecule has 5 saturated carbocycles. The molecule has 2 aliphatic heterocycles. The molecule has 7 fully saturated rings. The molecule has 5 aromatic carbocycles. The molecule has 754 valence electrons.